The zero-order valence-corrected chi connectivity index (χ0v) is 9.18. The summed E-state index contributed by atoms with van der Waals surface area (Å²) >= 11 is 0. The Balaban J connectivity index is 2.22. The van der Waals surface area contributed by atoms with Crippen molar-refractivity contribution < 1.29 is 4.79 Å². The van der Waals surface area contributed by atoms with Crippen LogP contribution in [0.5, 0.6) is 0 Å². The summed E-state index contributed by atoms with van der Waals surface area (Å²) in [6.45, 7) is 0. The van der Waals surface area contributed by atoms with Gasteiger partial charge in [0, 0.05) is 11.3 Å². The van der Waals surface area contributed by atoms with E-state index in [1.165, 1.54) is 0 Å². The molecule has 0 aromatic heterocycles. The maximum Gasteiger partial charge on any atom is 0.255 e. The number of nitrogens with two attached hydrogens (primary N) is 2. The highest BCUT2D eigenvalue weighted by Gasteiger charge is 2.07. The molecule has 0 spiro atoms. The summed E-state index contributed by atoms with van der Waals surface area (Å²) in [5.74, 6) is -0.206. The Hall–Kier alpha value is -2.49. The fourth-order valence-corrected chi connectivity index (χ4v) is 1.47. The monoisotopic (exact) mass is 227 g/mol. The van der Waals surface area contributed by atoms with Gasteiger partial charge in [-0.1, -0.05) is 18.2 Å². The molecule has 1 amide bonds. The molecule has 86 valence electrons. The Kier molecular flexibility index (Phi) is 2.96. The van der Waals surface area contributed by atoms with Crippen LogP contribution < -0.4 is 16.8 Å². The quantitative estimate of drug-likeness (QED) is 0.687. The molecule has 0 atom stereocenters. The first-order valence-electron chi connectivity index (χ1n) is 5.18. The number of carbonyl (C=O) groups is 1. The summed E-state index contributed by atoms with van der Waals surface area (Å²) in [5.41, 5.74) is 13.5. The van der Waals surface area contributed by atoms with E-state index in [-0.39, 0.29) is 5.91 Å². The molecule has 5 N–H and O–H groups in total. The molecule has 0 radical (unpaired) electrons. The van der Waals surface area contributed by atoms with E-state index >= 15 is 0 Å². The SMILES string of the molecule is Nc1ccc(N)c(NC(=O)c2ccccc2)c1. The molecule has 2 aromatic rings. The lowest BCUT2D eigenvalue weighted by molar-refractivity contribution is 0.102. The van der Waals surface area contributed by atoms with Gasteiger partial charge in [0.05, 0.1) is 11.4 Å². The number of rotatable bonds is 2. The molecule has 0 heterocycles. The normalized spacial score (nSPS) is 9.88. The molecule has 0 aliphatic rings. The smallest absolute Gasteiger partial charge is 0.255 e. The van der Waals surface area contributed by atoms with Crippen LogP contribution in [0, 0.1) is 0 Å². The van der Waals surface area contributed by atoms with Crippen LogP contribution in [-0.4, -0.2) is 5.91 Å². The summed E-state index contributed by atoms with van der Waals surface area (Å²) in [4.78, 5) is 11.9. The van der Waals surface area contributed by atoms with Gasteiger partial charge >= 0.3 is 0 Å². The Labute approximate surface area is 99.2 Å². The van der Waals surface area contributed by atoms with Gasteiger partial charge in [-0.15, -0.1) is 0 Å². The van der Waals surface area contributed by atoms with Crippen LogP contribution in [0.4, 0.5) is 17.1 Å². The number of hydrogen-bond donors (Lipinski definition) is 3. The maximum absolute atomic E-state index is 11.9. The molecule has 0 bridgehead atoms. The molecular weight excluding hydrogens is 214 g/mol. The molecule has 2 rings (SSSR count). The summed E-state index contributed by atoms with van der Waals surface area (Å²) in [5, 5.41) is 2.72. The molecule has 2 aromatic carbocycles. The van der Waals surface area contributed by atoms with Crippen molar-refractivity contribution in [3.8, 4) is 0 Å². The van der Waals surface area contributed by atoms with Crippen molar-refractivity contribution in [1.29, 1.82) is 0 Å². The zero-order valence-electron chi connectivity index (χ0n) is 9.18. The third-order valence-electron chi connectivity index (χ3n) is 2.36. The van der Waals surface area contributed by atoms with Crippen LogP contribution in [0.25, 0.3) is 0 Å². The minimum Gasteiger partial charge on any atom is -0.399 e. The number of anilines is 3. The molecule has 0 aliphatic heterocycles. The molecular formula is C13H13N3O. The lowest BCUT2D eigenvalue weighted by Gasteiger charge is -2.08. The van der Waals surface area contributed by atoms with E-state index in [0.717, 1.165) is 0 Å². The molecule has 4 heteroatoms. The van der Waals surface area contributed by atoms with E-state index in [2.05, 4.69) is 5.32 Å². The molecule has 0 aliphatic carbocycles. The van der Waals surface area contributed by atoms with Gasteiger partial charge in [-0.05, 0) is 30.3 Å². The maximum atomic E-state index is 11.9. The summed E-state index contributed by atoms with van der Waals surface area (Å²) in [6.07, 6.45) is 0. The van der Waals surface area contributed by atoms with Crippen molar-refractivity contribution in [2.75, 3.05) is 16.8 Å². The van der Waals surface area contributed by atoms with Crippen LogP contribution in [0.15, 0.2) is 48.5 Å². The molecule has 0 fully saturated rings. The highest BCUT2D eigenvalue weighted by Crippen LogP contribution is 2.21. The van der Waals surface area contributed by atoms with Crippen LogP contribution in [-0.2, 0) is 0 Å². The van der Waals surface area contributed by atoms with Crippen molar-refractivity contribution in [3.05, 3.63) is 54.1 Å². The van der Waals surface area contributed by atoms with Crippen molar-refractivity contribution in [2.24, 2.45) is 0 Å². The molecule has 17 heavy (non-hydrogen) atoms. The highest BCUT2D eigenvalue weighted by atomic mass is 16.1. The van der Waals surface area contributed by atoms with Crippen molar-refractivity contribution in [3.63, 3.8) is 0 Å². The largest absolute Gasteiger partial charge is 0.399 e. The topological polar surface area (TPSA) is 81.1 Å². The minimum atomic E-state index is -0.206. The number of benzene rings is 2. The number of nitrogens with one attached hydrogen (secondary N) is 1. The standard InChI is InChI=1S/C13H13N3O/c14-10-6-7-11(15)12(8-10)16-13(17)9-4-2-1-3-5-9/h1-8H,14-15H2,(H,16,17). The van der Waals surface area contributed by atoms with E-state index in [9.17, 15) is 4.79 Å². The van der Waals surface area contributed by atoms with Crippen LogP contribution in [0.2, 0.25) is 0 Å². The first-order valence-corrected chi connectivity index (χ1v) is 5.18. The third-order valence-corrected chi connectivity index (χ3v) is 2.36. The molecule has 0 saturated carbocycles. The van der Waals surface area contributed by atoms with E-state index in [1.807, 2.05) is 6.07 Å². The van der Waals surface area contributed by atoms with Gasteiger partial charge in [0.2, 0.25) is 0 Å². The first-order chi connectivity index (χ1) is 8.16. The zero-order chi connectivity index (χ0) is 12.3. The second-order valence-corrected chi connectivity index (χ2v) is 3.67. The second-order valence-electron chi connectivity index (χ2n) is 3.67. The van der Waals surface area contributed by atoms with Crippen molar-refractivity contribution in [1.82, 2.24) is 0 Å². The minimum absolute atomic E-state index is 0.206. The fourth-order valence-electron chi connectivity index (χ4n) is 1.47. The fraction of sp³-hybridized carbons (Fsp3) is 0. The molecule has 0 unspecified atom stereocenters. The van der Waals surface area contributed by atoms with Crippen LogP contribution in [0.3, 0.4) is 0 Å². The summed E-state index contributed by atoms with van der Waals surface area (Å²) < 4.78 is 0. The molecule has 0 saturated heterocycles. The van der Waals surface area contributed by atoms with E-state index in [4.69, 9.17) is 11.5 Å². The average Bonchev–Trinajstić information content (AvgIpc) is 2.35. The Bertz CT molecular complexity index is 538. The summed E-state index contributed by atoms with van der Waals surface area (Å²) in [6, 6.07) is 13.9. The van der Waals surface area contributed by atoms with E-state index in [0.29, 0.717) is 22.6 Å². The van der Waals surface area contributed by atoms with Gasteiger partial charge in [0.25, 0.3) is 5.91 Å². The number of amides is 1. The van der Waals surface area contributed by atoms with Crippen LogP contribution in [0.1, 0.15) is 10.4 Å². The summed E-state index contributed by atoms with van der Waals surface area (Å²) in [7, 11) is 0. The predicted octanol–water partition coefficient (Wildman–Crippen LogP) is 2.10. The van der Waals surface area contributed by atoms with Crippen LogP contribution >= 0.6 is 0 Å². The predicted molar refractivity (Wildman–Crippen MR) is 69.7 cm³/mol. The third kappa shape index (κ3) is 2.55. The average molecular weight is 227 g/mol. The van der Waals surface area contributed by atoms with Gasteiger partial charge in [0.15, 0.2) is 0 Å². The number of carbonyl (C=O) groups excluding carboxylic acids is 1. The van der Waals surface area contributed by atoms with Gasteiger partial charge < -0.3 is 16.8 Å². The van der Waals surface area contributed by atoms with Gasteiger partial charge in [0.1, 0.15) is 0 Å². The Morgan fingerprint density at radius 2 is 1.71 bits per heavy atom. The Morgan fingerprint density at radius 1 is 1.00 bits per heavy atom. The van der Waals surface area contributed by atoms with Gasteiger partial charge in [-0.25, -0.2) is 0 Å². The van der Waals surface area contributed by atoms with Crippen molar-refractivity contribution in [2.45, 2.75) is 0 Å². The number of hydrogen-bond acceptors (Lipinski definition) is 3. The lowest BCUT2D eigenvalue weighted by Crippen LogP contribution is -2.13. The van der Waals surface area contributed by atoms with E-state index in [1.54, 1.807) is 42.5 Å². The Morgan fingerprint density at radius 3 is 2.41 bits per heavy atom. The first kappa shape index (κ1) is 11.0. The molecule has 4 nitrogen and oxygen atoms in total. The van der Waals surface area contributed by atoms with Gasteiger partial charge in [-0.2, -0.15) is 0 Å². The second kappa shape index (κ2) is 4.57. The van der Waals surface area contributed by atoms with E-state index < -0.39 is 0 Å². The van der Waals surface area contributed by atoms with Gasteiger partial charge in [-0.3, -0.25) is 4.79 Å². The number of nitrogen functional groups attached to an aromatic ring is 2. The highest BCUT2D eigenvalue weighted by molar-refractivity contribution is 6.05. The lowest BCUT2D eigenvalue weighted by atomic mass is 10.2. The van der Waals surface area contributed by atoms with Crippen molar-refractivity contribution >= 4 is 23.0 Å².